The van der Waals surface area contributed by atoms with Crippen molar-refractivity contribution < 1.29 is 24.1 Å². The number of carboxylic acids is 1. The van der Waals surface area contributed by atoms with E-state index in [4.69, 9.17) is 14.8 Å². The van der Waals surface area contributed by atoms with Gasteiger partial charge < -0.3 is 14.9 Å². The first-order chi connectivity index (χ1) is 16.8. The van der Waals surface area contributed by atoms with Crippen LogP contribution in [-0.2, 0) is 17.6 Å². The third-order valence-corrected chi connectivity index (χ3v) is 6.60. The third-order valence-electron chi connectivity index (χ3n) is 6.60. The number of ether oxygens (including phenoxy) is 1. The number of rotatable bonds is 5. The maximum atomic E-state index is 11.6. The van der Waals surface area contributed by atoms with E-state index in [1.807, 2.05) is 43.5 Å². The van der Waals surface area contributed by atoms with E-state index in [1.54, 1.807) is 6.92 Å². The van der Waals surface area contributed by atoms with E-state index in [1.165, 1.54) is 12.5 Å². The Hall–Kier alpha value is -3.51. The minimum atomic E-state index is -1.08. The summed E-state index contributed by atoms with van der Waals surface area (Å²) in [5, 5.41) is 21.5. The topological polar surface area (TPSA) is 79.7 Å². The molecule has 3 aromatic carbocycles. The largest absolute Gasteiger partial charge is 0.493 e. The fourth-order valence-electron chi connectivity index (χ4n) is 4.42. The number of carboxylic acid groups (broad SMARTS) is 1. The van der Waals surface area contributed by atoms with Crippen molar-refractivity contribution in [1.29, 1.82) is 0 Å². The number of aryl methyl sites for hydroxylation is 1. The molecule has 2 N–H and O–H groups in total. The molecule has 2 heterocycles. The van der Waals surface area contributed by atoms with Crippen LogP contribution < -0.4 is 4.74 Å². The first-order valence-electron chi connectivity index (χ1n) is 11.8. The van der Waals surface area contributed by atoms with E-state index in [0.29, 0.717) is 13.0 Å². The molecule has 0 spiro atoms. The van der Waals surface area contributed by atoms with Gasteiger partial charge in [0.2, 0.25) is 0 Å². The van der Waals surface area contributed by atoms with Crippen LogP contribution in [0.3, 0.4) is 0 Å². The van der Waals surface area contributed by atoms with Crippen molar-refractivity contribution in [2.24, 2.45) is 0 Å². The van der Waals surface area contributed by atoms with Gasteiger partial charge in [0.25, 0.3) is 0 Å². The van der Waals surface area contributed by atoms with Crippen LogP contribution >= 0.6 is 0 Å². The Bertz CT molecular complexity index is 1380. The summed E-state index contributed by atoms with van der Waals surface area (Å²) in [6.07, 6.45) is 3.14. The molecule has 0 bridgehead atoms. The minimum Gasteiger partial charge on any atom is -0.493 e. The average Bonchev–Trinajstić information content (AvgIpc) is 2.86. The first kappa shape index (κ1) is 24.6. The molecule has 0 saturated carbocycles. The van der Waals surface area contributed by atoms with Gasteiger partial charge >= 0.3 is 5.97 Å². The Labute approximate surface area is 204 Å². The lowest BCUT2D eigenvalue weighted by Gasteiger charge is -2.21. The Morgan fingerprint density at radius 1 is 1.20 bits per heavy atom. The Morgan fingerprint density at radius 3 is 2.66 bits per heavy atom. The number of carbonyl (C=O) groups is 1. The van der Waals surface area contributed by atoms with Gasteiger partial charge in [-0.15, -0.1) is 0 Å². The summed E-state index contributed by atoms with van der Waals surface area (Å²) in [7, 11) is 0. The first-order valence-corrected chi connectivity index (χ1v) is 11.8. The van der Waals surface area contributed by atoms with E-state index in [0.717, 1.165) is 56.1 Å². The molecule has 4 aromatic rings. The molecule has 1 aromatic heterocycles. The summed E-state index contributed by atoms with van der Waals surface area (Å²) >= 11 is 0. The van der Waals surface area contributed by atoms with Crippen molar-refractivity contribution in [3.05, 3.63) is 71.4 Å². The van der Waals surface area contributed by atoms with Gasteiger partial charge in [0, 0.05) is 23.6 Å². The summed E-state index contributed by atoms with van der Waals surface area (Å²) in [6.45, 7) is 5.23. The van der Waals surface area contributed by atoms with Gasteiger partial charge in [-0.25, -0.2) is 4.39 Å². The van der Waals surface area contributed by atoms with E-state index >= 15 is 0 Å². The second-order valence-electron chi connectivity index (χ2n) is 9.23. The highest BCUT2D eigenvalue weighted by atomic mass is 19.1. The zero-order chi connectivity index (χ0) is 25.2. The number of hydrogen-bond acceptors (Lipinski definition) is 4. The maximum Gasteiger partial charge on any atom is 0.307 e. The molecule has 0 fully saturated rings. The van der Waals surface area contributed by atoms with Gasteiger partial charge in [0.15, 0.2) is 0 Å². The third kappa shape index (κ3) is 4.98. The zero-order valence-corrected chi connectivity index (χ0v) is 20.3. The van der Waals surface area contributed by atoms with Crippen molar-refractivity contribution in [2.45, 2.75) is 45.6 Å². The molecule has 1 unspecified atom stereocenters. The lowest BCUT2D eigenvalue weighted by molar-refractivity contribution is -0.136. The second-order valence-corrected chi connectivity index (χ2v) is 9.23. The molecule has 0 amide bonds. The van der Waals surface area contributed by atoms with E-state index in [9.17, 15) is 14.3 Å². The molecular formula is C29H30FNO4. The molecule has 1 atom stereocenters. The van der Waals surface area contributed by atoms with Gasteiger partial charge in [-0.05, 0) is 71.5 Å². The molecule has 0 radical (unpaired) electrons. The van der Waals surface area contributed by atoms with Crippen molar-refractivity contribution >= 4 is 27.6 Å². The summed E-state index contributed by atoms with van der Waals surface area (Å²) < 4.78 is 17.4. The molecular weight excluding hydrogens is 445 g/mol. The van der Waals surface area contributed by atoms with Crippen molar-refractivity contribution in [3.63, 3.8) is 0 Å². The molecule has 35 heavy (non-hydrogen) atoms. The number of benzene rings is 3. The predicted molar refractivity (Wildman–Crippen MR) is 137 cm³/mol. The van der Waals surface area contributed by atoms with Crippen LogP contribution in [0.2, 0.25) is 0 Å². The summed E-state index contributed by atoms with van der Waals surface area (Å²) in [4.78, 5) is 16.3. The van der Waals surface area contributed by atoms with Gasteiger partial charge in [0.05, 0.1) is 24.1 Å². The number of aliphatic hydroxyl groups is 1. The lowest BCUT2D eigenvalue weighted by atomic mass is 9.87. The van der Waals surface area contributed by atoms with Crippen LogP contribution in [0.15, 0.2) is 54.7 Å². The van der Waals surface area contributed by atoms with Crippen LogP contribution in [0, 0.1) is 6.92 Å². The highest BCUT2D eigenvalue weighted by Crippen LogP contribution is 2.42. The molecule has 1 aliphatic rings. The number of hydrogen-bond donors (Lipinski definition) is 2. The number of nitrogens with zero attached hydrogens (tertiary/aromatic N) is 1. The average molecular weight is 476 g/mol. The highest BCUT2D eigenvalue weighted by Gasteiger charge is 2.22. The molecule has 5 nitrogen and oxygen atoms in total. The van der Waals surface area contributed by atoms with E-state index in [-0.39, 0.29) is 6.42 Å². The predicted octanol–water partition coefficient (Wildman–Crippen LogP) is 6.04. The van der Waals surface area contributed by atoms with Gasteiger partial charge in [0.1, 0.15) is 12.4 Å². The summed E-state index contributed by atoms with van der Waals surface area (Å²) in [5.74, 6) is 0.0171. The molecule has 0 aliphatic carbocycles. The second kappa shape index (κ2) is 10.0. The van der Waals surface area contributed by atoms with Gasteiger partial charge in [-0.3, -0.25) is 9.78 Å². The normalized spacial score (nSPS) is 14.1. The molecule has 0 saturated heterocycles. The van der Waals surface area contributed by atoms with Gasteiger partial charge in [-0.2, -0.15) is 0 Å². The number of fused-ring (bicyclic) bond motifs is 1. The van der Waals surface area contributed by atoms with Crippen LogP contribution in [0.4, 0.5) is 4.39 Å². The Morgan fingerprint density at radius 2 is 1.97 bits per heavy atom. The number of pyridine rings is 1. The van der Waals surface area contributed by atoms with Crippen LogP contribution in [0.1, 0.15) is 37.0 Å². The Balaban J connectivity index is 0.000000364. The quantitative estimate of drug-likeness (QED) is 0.368. The van der Waals surface area contributed by atoms with Crippen molar-refractivity contribution in [2.75, 3.05) is 13.3 Å². The number of aromatic nitrogens is 1. The van der Waals surface area contributed by atoms with Crippen LogP contribution in [-0.4, -0.2) is 40.0 Å². The maximum absolute atomic E-state index is 11.6. The monoisotopic (exact) mass is 475 g/mol. The SMILES string of the molecule is CCC(C)(O)CF.Cc1cc2ccccc2c(-c2ccc3c4c(ccnc24)CCO3)c1CC(=O)O. The van der Waals surface area contributed by atoms with E-state index < -0.39 is 18.2 Å². The number of aliphatic carboxylic acids is 1. The van der Waals surface area contributed by atoms with Crippen LogP contribution in [0.25, 0.3) is 32.8 Å². The molecule has 6 heteroatoms. The zero-order valence-electron chi connectivity index (χ0n) is 20.3. The number of halogens is 1. The van der Waals surface area contributed by atoms with Crippen molar-refractivity contribution in [1.82, 2.24) is 4.98 Å². The van der Waals surface area contributed by atoms with Crippen molar-refractivity contribution in [3.8, 4) is 16.9 Å². The molecule has 182 valence electrons. The fourth-order valence-corrected chi connectivity index (χ4v) is 4.42. The minimum absolute atomic E-state index is 0.0224. The van der Waals surface area contributed by atoms with Crippen LogP contribution in [0.5, 0.6) is 5.75 Å². The summed E-state index contributed by atoms with van der Waals surface area (Å²) in [5.41, 5.74) is 4.75. The smallest absolute Gasteiger partial charge is 0.307 e. The standard InChI is InChI=1S/C24H19NO3.C5H11FO/c1-14-12-16-4-2-3-5-17(16)23(19(14)13-21(26)27)18-6-7-20-22-15(9-11-28-20)8-10-25-24(18)22;1-3-5(2,7)4-6/h2-8,10,12H,9,11,13H2,1H3,(H,26,27);7H,3-4H2,1-2H3. The molecule has 5 rings (SSSR count). The number of alkyl halides is 1. The summed E-state index contributed by atoms with van der Waals surface area (Å²) in [6, 6.07) is 16.2. The fraction of sp³-hybridized carbons (Fsp3) is 0.310. The molecule has 1 aliphatic heterocycles. The Kier molecular flexibility index (Phi) is 7.03. The lowest BCUT2D eigenvalue weighted by Crippen LogP contribution is -2.24. The van der Waals surface area contributed by atoms with E-state index in [2.05, 4.69) is 18.2 Å². The highest BCUT2D eigenvalue weighted by molar-refractivity contribution is 6.08. The van der Waals surface area contributed by atoms with Gasteiger partial charge in [-0.1, -0.05) is 37.3 Å².